The SMILES string of the molecule is O=C(NOC[C@H](O)CO)c1sc2c(Br)cncc2c1Nc1ccc(I)cc1F. The van der Waals surface area contributed by atoms with Crippen molar-refractivity contribution in [2.45, 2.75) is 6.10 Å². The number of benzene rings is 1. The fourth-order valence-electron chi connectivity index (χ4n) is 2.29. The lowest BCUT2D eigenvalue weighted by Gasteiger charge is -2.11. The Hall–Kier alpha value is -1.38. The number of aliphatic hydroxyl groups excluding tert-OH is 2. The van der Waals surface area contributed by atoms with Gasteiger partial charge in [0.1, 0.15) is 23.4 Å². The summed E-state index contributed by atoms with van der Waals surface area (Å²) in [4.78, 5) is 21.9. The number of carbonyl (C=O) groups is 1. The molecule has 0 spiro atoms. The van der Waals surface area contributed by atoms with Gasteiger partial charge in [-0.1, -0.05) is 0 Å². The zero-order chi connectivity index (χ0) is 20.3. The van der Waals surface area contributed by atoms with Crippen LogP contribution in [0.5, 0.6) is 0 Å². The zero-order valence-electron chi connectivity index (χ0n) is 14.1. The molecule has 0 bridgehead atoms. The highest BCUT2D eigenvalue weighted by molar-refractivity contribution is 14.1. The molecule has 1 amide bonds. The highest BCUT2D eigenvalue weighted by Gasteiger charge is 2.22. The number of carbonyl (C=O) groups excluding carboxylic acids is 1. The number of nitrogens with one attached hydrogen (secondary N) is 2. The van der Waals surface area contributed by atoms with Crippen LogP contribution in [0.25, 0.3) is 10.1 Å². The number of pyridine rings is 1. The molecule has 0 aliphatic carbocycles. The molecule has 2 aromatic heterocycles. The van der Waals surface area contributed by atoms with Crippen LogP contribution in [-0.4, -0.2) is 40.4 Å². The van der Waals surface area contributed by atoms with E-state index < -0.39 is 24.4 Å². The maximum atomic E-state index is 14.3. The van der Waals surface area contributed by atoms with Crippen molar-refractivity contribution in [1.82, 2.24) is 10.5 Å². The van der Waals surface area contributed by atoms with E-state index in [4.69, 9.17) is 9.94 Å². The maximum Gasteiger partial charge on any atom is 0.287 e. The number of hydrogen-bond donors (Lipinski definition) is 4. The minimum absolute atomic E-state index is 0.214. The Kier molecular flexibility index (Phi) is 7.17. The van der Waals surface area contributed by atoms with Gasteiger partial charge in [-0.3, -0.25) is 14.6 Å². The summed E-state index contributed by atoms with van der Waals surface area (Å²) in [5.41, 5.74) is 2.82. The molecule has 3 rings (SSSR count). The second-order valence-electron chi connectivity index (χ2n) is 5.63. The predicted octanol–water partition coefficient (Wildman–Crippen LogP) is 3.56. The predicted molar refractivity (Wildman–Crippen MR) is 116 cm³/mol. The monoisotopic (exact) mass is 581 g/mol. The van der Waals surface area contributed by atoms with E-state index in [1.165, 1.54) is 17.4 Å². The van der Waals surface area contributed by atoms with E-state index in [0.29, 0.717) is 15.5 Å². The van der Waals surface area contributed by atoms with Gasteiger partial charge in [0.05, 0.1) is 27.2 Å². The Morgan fingerprint density at radius 3 is 2.93 bits per heavy atom. The summed E-state index contributed by atoms with van der Waals surface area (Å²) in [7, 11) is 0. The maximum absolute atomic E-state index is 14.3. The van der Waals surface area contributed by atoms with Gasteiger partial charge in [0.25, 0.3) is 5.91 Å². The molecule has 7 nitrogen and oxygen atoms in total. The summed E-state index contributed by atoms with van der Waals surface area (Å²) in [5, 5.41) is 21.7. The Balaban J connectivity index is 1.96. The number of hydrogen-bond acceptors (Lipinski definition) is 7. The van der Waals surface area contributed by atoms with Crippen LogP contribution < -0.4 is 10.8 Å². The van der Waals surface area contributed by atoms with E-state index in [0.717, 1.165) is 8.27 Å². The first kappa shape index (κ1) is 21.3. The average molecular weight is 582 g/mol. The first-order chi connectivity index (χ1) is 13.4. The standard InChI is InChI=1S/C17H14BrFIN3O4S/c18-11-5-21-4-10-14(22-13-2-1-8(20)3-12(13)19)16(28-15(10)11)17(26)23-27-7-9(25)6-24/h1-5,9,22,24-25H,6-7H2,(H,23,26)/t9-/m1/s1. The van der Waals surface area contributed by atoms with Gasteiger partial charge in [0.2, 0.25) is 0 Å². The number of anilines is 2. The van der Waals surface area contributed by atoms with E-state index in [9.17, 15) is 14.3 Å². The fourth-order valence-corrected chi connectivity index (χ4v) is 4.34. The number of aliphatic hydroxyl groups is 2. The summed E-state index contributed by atoms with van der Waals surface area (Å²) in [6.45, 7) is -0.761. The van der Waals surface area contributed by atoms with Gasteiger partial charge < -0.3 is 15.5 Å². The quantitative estimate of drug-likeness (QED) is 0.251. The lowest BCUT2D eigenvalue weighted by molar-refractivity contribution is -0.0293. The molecule has 0 saturated heterocycles. The van der Waals surface area contributed by atoms with Crippen molar-refractivity contribution in [1.29, 1.82) is 0 Å². The van der Waals surface area contributed by atoms with Crippen molar-refractivity contribution in [3.8, 4) is 0 Å². The molecular weight excluding hydrogens is 568 g/mol. The number of rotatable bonds is 7. The van der Waals surface area contributed by atoms with E-state index in [1.54, 1.807) is 24.5 Å². The fraction of sp³-hybridized carbons (Fsp3) is 0.176. The van der Waals surface area contributed by atoms with Crippen molar-refractivity contribution < 1.29 is 24.2 Å². The minimum Gasteiger partial charge on any atom is -0.394 e. The number of aromatic nitrogens is 1. The van der Waals surface area contributed by atoms with Crippen LogP contribution in [0.1, 0.15) is 9.67 Å². The van der Waals surface area contributed by atoms with Gasteiger partial charge in [-0.25, -0.2) is 9.87 Å². The lowest BCUT2D eigenvalue weighted by atomic mass is 10.2. The normalized spacial score (nSPS) is 12.2. The van der Waals surface area contributed by atoms with Crippen molar-refractivity contribution in [2.24, 2.45) is 0 Å². The van der Waals surface area contributed by atoms with E-state index in [2.05, 4.69) is 31.7 Å². The Morgan fingerprint density at radius 1 is 1.43 bits per heavy atom. The third-order valence-electron chi connectivity index (χ3n) is 3.60. The first-order valence-electron chi connectivity index (χ1n) is 7.89. The molecule has 1 aromatic carbocycles. The lowest BCUT2D eigenvalue weighted by Crippen LogP contribution is -2.29. The Morgan fingerprint density at radius 2 is 2.21 bits per heavy atom. The number of halogens is 3. The summed E-state index contributed by atoms with van der Waals surface area (Å²) in [5.74, 6) is -1.03. The average Bonchev–Trinajstić information content (AvgIpc) is 3.03. The van der Waals surface area contributed by atoms with E-state index in [1.807, 2.05) is 22.6 Å². The van der Waals surface area contributed by atoms with Gasteiger partial charge in [-0.15, -0.1) is 11.3 Å². The number of fused-ring (bicyclic) bond motifs is 1. The number of amides is 1. The third-order valence-corrected chi connectivity index (χ3v) is 6.37. The molecule has 4 N–H and O–H groups in total. The second-order valence-corrected chi connectivity index (χ2v) is 8.75. The van der Waals surface area contributed by atoms with Gasteiger partial charge >= 0.3 is 0 Å². The van der Waals surface area contributed by atoms with Crippen LogP contribution in [0.15, 0.2) is 35.1 Å². The summed E-state index contributed by atoms with van der Waals surface area (Å²) < 4.78 is 16.5. The molecule has 0 aliphatic heterocycles. The molecule has 0 radical (unpaired) electrons. The molecule has 11 heteroatoms. The molecule has 0 fully saturated rings. The van der Waals surface area contributed by atoms with E-state index in [-0.39, 0.29) is 17.2 Å². The molecule has 3 aromatic rings. The third kappa shape index (κ3) is 4.78. The summed E-state index contributed by atoms with van der Waals surface area (Å²) >= 11 is 6.59. The summed E-state index contributed by atoms with van der Waals surface area (Å²) in [6, 6.07) is 4.71. The van der Waals surface area contributed by atoms with Crippen LogP contribution in [0.4, 0.5) is 15.8 Å². The Bertz CT molecular complexity index is 1020. The number of nitrogens with zero attached hydrogens (tertiary/aromatic N) is 1. The smallest absolute Gasteiger partial charge is 0.287 e. The number of hydroxylamine groups is 1. The molecule has 0 aliphatic rings. The second kappa shape index (κ2) is 9.41. The van der Waals surface area contributed by atoms with Crippen molar-refractivity contribution in [3.05, 3.63) is 49.3 Å². The topological polar surface area (TPSA) is 104 Å². The van der Waals surface area contributed by atoms with Crippen LogP contribution in [-0.2, 0) is 4.84 Å². The van der Waals surface area contributed by atoms with Gasteiger partial charge in [0.15, 0.2) is 0 Å². The molecule has 0 unspecified atom stereocenters. The van der Waals surface area contributed by atoms with Crippen LogP contribution in [0.3, 0.4) is 0 Å². The van der Waals surface area contributed by atoms with Crippen LogP contribution in [0, 0.1) is 9.39 Å². The van der Waals surface area contributed by atoms with Crippen molar-refractivity contribution >= 4 is 77.2 Å². The van der Waals surface area contributed by atoms with Crippen LogP contribution >= 0.6 is 49.9 Å². The molecule has 0 saturated carbocycles. The highest BCUT2D eigenvalue weighted by atomic mass is 127. The van der Waals surface area contributed by atoms with Crippen molar-refractivity contribution in [2.75, 3.05) is 18.5 Å². The molecule has 28 heavy (non-hydrogen) atoms. The van der Waals surface area contributed by atoms with Gasteiger partial charge in [-0.2, -0.15) is 0 Å². The molecular formula is C17H14BrFIN3O4S. The van der Waals surface area contributed by atoms with E-state index >= 15 is 0 Å². The largest absolute Gasteiger partial charge is 0.394 e. The molecule has 2 heterocycles. The summed E-state index contributed by atoms with van der Waals surface area (Å²) in [6.07, 6.45) is 2.07. The van der Waals surface area contributed by atoms with Gasteiger partial charge in [-0.05, 0) is 56.7 Å². The molecule has 1 atom stereocenters. The minimum atomic E-state index is -1.11. The Labute approximate surface area is 185 Å². The first-order valence-corrected chi connectivity index (χ1v) is 10.6. The zero-order valence-corrected chi connectivity index (χ0v) is 18.6. The highest BCUT2D eigenvalue weighted by Crippen LogP contribution is 2.40. The molecule has 148 valence electrons. The van der Waals surface area contributed by atoms with Crippen molar-refractivity contribution in [3.63, 3.8) is 0 Å². The number of thiophene rings is 1. The van der Waals surface area contributed by atoms with Crippen LogP contribution in [0.2, 0.25) is 0 Å². The van der Waals surface area contributed by atoms with Gasteiger partial charge in [0, 0.05) is 21.4 Å².